The third-order valence-corrected chi connectivity index (χ3v) is 1.81. The molecule has 0 bridgehead atoms. The van der Waals surface area contributed by atoms with Crippen LogP contribution in [0.4, 0.5) is 0 Å². The van der Waals surface area contributed by atoms with E-state index in [1.54, 1.807) is 5.01 Å². The van der Waals surface area contributed by atoms with Gasteiger partial charge in [0.05, 0.1) is 12.0 Å². The Balaban J connectivity index is 2.46. The number of hydrogen-bond acceptors (Lipinski definition) is 3. The van der Waals surface area contributed by atoms with Gasteiger partial charge in [0.2, 0.25) is 0 Å². The standard InChI is InChI=1S/C6H11N3/c1-5-2-6(3-7)4-9(5)8/h5-6H,2,4,8H2,1H3/t5-,6-/m1/s1. The van der Waals surface area contributed by atoms with Crippen LogP contribution >= 0.6 is 0 Å². The van der Waals surface area contributed by atoms with Crippen molar-refractivity contribution in [2.45, 2.75) is 19.4 Å². The van der Waals surface area contributed by atoms with Crippen molar-refractivity contribution < 1.29 is 0 Å². The van der Waals surface area contributed by atoms with Crippen LogP contribution in [0, 0.1) is 17.2 Å². The van der Waals surface area contributed by atoms with E-state index in [9.17, 15) is 0 Å². The molecule has 0 aromatic rings. The van der Waals surface area contributed by atoms with Crippen LogP contribution in [0.25, 0.3) is 0 Å². The first-order chi connectivity index (χ1) is 4.24. The van der Waals surface area contributed by atoms with Gasteiger partial charge in [0.15, 0.2) is 0 Å². The van der Waals surface area contributed by atoms with Gasteiger partial charge < -0.3 is 0 Å². The highest BCUT2D eigenvalue weighted by Gasteiger charge is 2.25. The Morgan fingerprint density at radius 1 is 1.78 bits per heavy atom. The molecule has 0 radical (unpaired) electrons. The molecule has 0 aromatic carbocycles. The van der Waals surface area contributed by atoms with Gasteiger partial charge in [-0.25, -0.2) is 5.01 Å². The second-order valence-electron chi connectivity index (χ2n) is 2.61. The lowest BCUT2D eigenvalue weighted by Crippen LogP contribution is -2.33. The predicted octanol–water partition coefficient (Wildman–Crippen LogP) is 0.0941. The molecule has 0 amide bonds. The molecule has 2 atom stereocenters. The fraction of sp³-hybridized carbons (Fsp3) is 0.833. The molecule has 9 heavy (non-hydrogen) atoms. The Morgan fingerprint density at radius 2 is 2.44 bits per heavy atom. The third-order valence-electron chi connectivity index (χ3n) is 1.81. The number of nitrogens with zero attached hydrogens (tertiary/aromatic N) is 2. The highest BCUT2D eigenvalue weighted by Crippen LogP contribution is 2.17. The van der Waals surface area contributed by atoms with Crippen LogP contribution in [0.1, 0.15) is 13.3 Å². The summed E-state index contributed by atoms with van der Waals surface area (Å²) in [7, 11) is 0. The van der Waals surface area contributed by atoms with E-state index in [1.807, 2.05) is 6.92 Å². The van der Waals surface area contributed by atoms with Crippen LogP contribution in [0.5, 0.6) is 0 Å². The molecule has 0 unspecified atom stereocenters. The van der Waals surface area contributed by atoms with E-state index in [0.29, 0.717) is 6.04 Å². The summed E-state index contributed by atoms with van der Waals surface area (Å²) in [5, 5.41) is 10.2. The first-order valence-corrected chi connectivity index (χ1v) is 3.15. The molecule has 1 aliphatic rings. The molecule has 1 heterocycles. The lowest BCUT2D eigenvalue weighted by molar-refractivity contribution is 0.276. The van der Waals surface area contributed by atoms with Crippen LogP contribution in [0.2, 0.25) is 0 Å². The molecule has 2 N–H and O–H groups in total. The Bertz CT molecular complexity index is 128. The molecule has 0 aliphatic carbocycles. The van der Waals surface area contributed by atoms with E-state index in [-0.39, 0.29) is 5.92 Å². The maximum Gasteiger partial charge on any atom is 0.0670 e. The van der Waals surface area contributed by atoms with Crippen molar-refractivity contribution in [3.05, 3.63) is 0 Å². The monoisotopic (exact) mass is 125 g/mol. The second kappa shape index (κ2) is 2.34. The van der Waals surface area contributed by atoms with E-state index in [0.717, 1.165) is 13.0 Å². The fourth-order valence-electron chi connectivity index (χ4n) is 1.15. The molecule has 0 spiro atoms. The van der Waals surface area contributed by atoms with Gasteiger partial charge in [-0.05, 0) is 13.3 Å². The number of hydrazine groups is 1. The van der Waals surface area contributed by atoms with E-state index < -0.39 is 0 Å². The summed E-state index contributed by atoms with van der Waals surface area (Å²) in [5.41, 5.74) is 0. The summed E-state index contributed by atoms with van der Waals surface area (Å²) >= 11 is 0. The second-order valence-corrected chi connectivity index (χ2v) is 2.61. The van der Waals surface area contributed by atoms with Gasteiger partial charge >= 0.3 is 0 Å². The molecule has 1 saturated heterocycles. The average molecular weight is 125 g/mol. The van der Waals surface area contributed by atoms with Gasteiger partial charge in [-0.3, -0.25) is 5.84 Å². The first kappa shape index (κ1) is 6.53. The molecule has 3 heteroatoms. The molecule has 1 fully saturated rings. The third kappa shape index (κ3) is 1.21. The van der Waals surface area contributed by atoms with Crippen LogP contribution in [0.3, 0.4) is 0 Å². The summed E-state index contributed by atoms with van der Waals surface area (Å²) in [5.74, 6) is 5.68. The maximum atomic E-state index is 8.47. The molecular formula is C6H11N3. The van der Waals surface area contributed by atoms with E-state index in [1.165, 1.54) is 0 Å². The lowest BCUT2D eigenvalue weighted by Gasteiger charge is -2.11. The average Bonchev–Trinajstić information content (AvgIpc) is 2.13. The van der Waals surface area contributed by atoms with Gasteiger partial charge in [0, 0.05) is 12.6 Å². The fourth-order valence-corrected chi connectivity index (χ4v) is 1.15. The van der Waals surface area contributed by atoms with Crippen molar-refractivity contribution >= 4 is 0 Å². The van der Waals surface area contributed by atoms with Crippen molar-refractivity contribution in [3.63, 3.8) is 0 Å². The number of hydrogen-bond donors (Lipinski definition) is 1. The molecular weight excluding hydrogens is 114 g/mol. The zero-order chi connectivity index (χ0) is 6.85. The quantitative estimate of drug-likeness (QED) is 0.467. The van der Waals surface area contributed by atoms with E-state index in [2.05, 4.69) is 6.07 Å². The van der Waals surface area contributed by atoms with Crippen molar-refractivity contribution in [2.75, 3.05) is 6.54 Å². The molecule has 1 rings (SSSR count). The summed E-state index contributed by atoms with van der Waals surface area (Å²) in [4.78, 5) is 0. The lowest BCUT2D eigenvalue weighted by atomic mass is 10.1. The van der Waals surface area contributed by atoms with Gasteiger partial charge in [-0.15, -0.1) is 0 Å². The molecule has 0 aromatic heterocycles. The summed E-state index contributed by atoms with van der Waals surface area (Å²) in [6.45, 7) is 2.77. The Labute approximate surface area is 55.0 Å². The topological polar surface area (TPSA) is 53.0 Å². The minimum absolute atomic E-state index is 0.157. The van der Waals surface area contributed by atoms with Crippen LogP contribution < -0.4 is 5.84 Å². The maximum absolute atomic E-state index is 8.47. The van der Waals surface area contributed by atoms with Crippen molar-refractivity contribution in [3.8, 4) is 6.07 Å². The first-order valence-electron chi connectivity index (χ1n) is 3.15. The molecule has 1 aliphatic heterocycles. The van der Waals surface area contributed by atoms with Gasteiger partial charge in [0.1, 0.15) is 0 Å². The Kier molecular flexibility index (Phi) is 1.70. The molecule has 0 saturated carbocycles. The normalized spacial score (nSPS) is 36.6. The van der Waals surface area contributed by atoms with Gasteiger partial charge in [-0.2, -0.15) is 5.26 Å². The molecule has 50 valence electrons. The van der Waals surface area contributed by atoms with Crippen molar-refractivity contribution in [1.82, 2.24) is 5.01 Å². The van der Waals surface area contributed by atoms with Crippen molar-refractivity contribution in [2.24, 2.45) is 11.8 Å². The number of rotatable bonds is 0. The van der Waals surface area contributed by atoms with Crippen molar-refractivity contribution in [1.29, 1.82) is 5.26 Å². The van der Waals surface area contributed by atoms with Crippen LogP contribution in [-0.2, 0) is 0 Å². The van der Waals surface area contributed by atoms with Gasteiger partial charge in [-0.1, -0.05) is 0 Å². The largest absolute Gasteiger partial charge is 0.269 e. The zero-order valence-electron chi connectivity index (χ0n) is 5.54. The summed E-state index contributed by atoms with van der Waals surface area (Å²) in [6, 6.07) is 2.59. The molecule has 3 nitrogen and oxygen atoms in total. The highest BCUT2D eigenvalue weighted by molar-refractivity contribution is 4.92. The van der Waals surface area contributed by atoms with Crippen LogP contribution in [0.15, 0.2) is 0 Å². The summed E-state index contributed by atoms with van der Waals surface area (Å²) < 4.78 is 0. The van der Waals surface area contributed by atoms with E-state index in [4.69, 9.17) is 11.1 Å². The Morgan fingerprint density at radius 3 is 2.67 bits per heavy atom. The highest BCUT2D eigenvalue weighted by atomic mass is 15.4. The smallest absolute Gasteiger partial charge is 0.0670 e. The number of nitriles is 1. The predicted molar refractivity (Wildman–Crippen MR) is 34.1 cm³/mol. The minimum Gasteiger partial charge on any atom is -0.269 e. The zero-order valence-corrected chi connectivity index (χ0v) is 5.54. The SMILES string of the molecule is C[C@@H]1C[C@H](C#N)CN1N. The van der Waals surface area contributed by atoms with Gasteiger partial charge in [0.25, 0.3) is 0 Å². The number of nitrogens with two attached hydrogens (primary N) is 1. The minimum atomic E-state index is 0.157. The van der Waals surface area contributed by atoms with Crippen LogP contribution in [-0.4, -0.2) is 17.6 Å². The Hall–Kier alpha value is -0.590. The summed E-state index contributed by atoms with van der Waals surface area (Å²) in [6.07, 6.45) is 0.924. The van der Waals surface area contributed by atoms with E-state index >= 15 is 0 Å².